The van der Waals surface area contributed by atoms with Crippen molar-refractivity contribution in [2.45, 2.75) is 31.8 Å². The quantitative estimate of drug-likeness (QED) is 0.874. The van der Waals surface area contributed by atoms with Gasteiger partial charge in [0.1, 0.15) is 6.04 Å². The lowest BCUT2D eigenvalue weighted by atomic mass is 9.99. The van der Waals surface area contributed by atoms with Gasteiger partial charge in [0.05, 0.1) is 13.6 Å². The molecule has 1 fully saturated rings. The zero-order chi connectivity index (χ0) is 15.0. The van der Waals surface area contributed by atoms with E-state index in [4.69, 9.17) is 0 Å². The fourth-order valence-corrected chi connectivity index (χ4v) is 3.72. The van der Waals surface area contributed by atoms with E-state index in [2.05, 4.69) is 44.3 Å². The third kappa shape index (κ3) is 2.32. The van der Waals surface area contributed by atoms with Crippen molar-refractivity contribution in [2.24, 2.45) is 0 Å². The number of fused-ring (bicyclic) bond motifs is 1. The van der Waals surface area contributed by atoms with Crippen LogP contribution in [0.15, 0.2) is 42.5 Å². The normalized spacial score (nSPS) is 26.9. The molecule has 1 heterocycles. The van der Waals surface area contributed by atoms with Crippen molar-refractivity contribution in [3.05, 3.63) is 48.0 Å². The first kappa shape index (κ1) is 14.1. The summed E-state index contributed by atoms with van der Waals surface area (Å²) < 4.78 is 0.605. The van der Waals surface area contributed by atoms with Gasteiger partial charge in [0.15, 0.2) is 6.04 Å². The van der Waals surface area contributed by atoms with Gasteiger partial charge in [-0.1, -0.05) is 36.4 Å². The van der Waals surface area contributed by atoms with Crippen molar-refractivity contribution in [3.63, 3.8) is 0 Å². The van der Waals surface area contributed by atoms with Gasteiger partial charge in [-0.3, -0.25) is 0 Å². The minimum atomic E-state index is -0.664. The van der Waals surface area contributed by atoms with Crippen LogP contribution in [0.1, 0.15) is 31.4 Å². The molecule has 3 rings (SSSR count). The van der Waals surface area contributed by atoms with Gasteiger partial charge in [0.2, 0.25) is 0 Å². The lowest BCUT2D eigenvalue weighted by Gasteiger charge is -2.40. The number of hydrogen-bond donors (Lipinski definition) is 1. The van der Waals surface area contributed by atoms with Crippen LogP contribution >= 0.6 is 0 Å². The summed E-state index contributed by atoms with van der Waals surface area (Å²) in [5.74, 6) is -0.664. The topological polar surface area (TPSA) is 37.3 Å². The maximum absolute atomic E-state index is 11.5. The molecule has 3 atom stereocenters. The summed E-state index contributed by atoms with van der Waals surface area (Å²) in [6.45, 7) is 3.09. The Labute approximate surface area is 125 Å². The summed E-state index contributed by atoms with van der Waals surface area (Å²) in [6, 6.07) is 14.7. The number of carboxylic acids is 1. The molecule has 3 heteroatoms. The van der Waals surface area contributed by atoms with E-state index >= 15 is 0 Å². The SMILES string of the molecule is C[C@@H](c1ccc2ccccc2c1)[N+]1(C)CCC[C@H]1C(=O)O. The van der Waals surface area contributed by atoms with E-state index in [1.54, 1.807) is 0 Å². The lowest BCUT2D eigenvalue weighted by Crippen LogP contribution is -2.53. The average molecular weight is 284 g/mol. The number of benzene rings is 2. The van der Waals surface area contributed by atoms with Crippen LogP contribution in [0.5, 0.6) is 0 Å². The van der Waals surface area contributed by atoms with Gasteiger partial charge >= 0.3 is 5.97 Å². The molecule has 0 saturated carbocycles. The third-order valence-corrected chi connectivity index (χ3v) is 5.26. The minimum absolute atomic E-state index is 0.193. The first-order valence-electron chi connectivity index (χ1n) is 7.59. The number of rotatable bonds is 3. The van der Waals surface area contributed by atoms with Crippen LogP contribution in [0.25, 0.3) is 10.8 Å². The Balaban J connectivity index is 1.99. The van der Waals surface area contributed by atoms with Crippen molar-refractivity contribution in [3.8, 4) is 0 Å². The fourth-order valence-electron chi connectivity index (χ4n) is 3.72. The first-order chi connectivity index (χ1) is 10.0. The summed E-state index contributed by atoms with van der Waals surface area (Å²) in [7, 11) is 2.09. The molecular weight excluding hydrogens is 262 g/mol. The van der Waals surface area contributed by atoms with Gasteiger partial charge < -0.3 is 9.59 Å². The van der Waals surface area contributed by atoms with E-state index < -0.39 is 5.97 Å². The van der Waals surface area contributed by atoms with E-state index in [9.17, 15) is 9.90 Å². The van der Waals surface area contributed by atoms with Crippen molar-refractivity contribution < 1.29 is 14.4 Å². The van der Waals surface area contributed by atoms with E-state index in [-0.39, 0.29) is 12.1 Å². The lowest BCUT2D eigenvalue weighted by molar-refractivity contribution is -0.941. The molecule has 0 aliphatic carbocycles. The number of likely N-dealkylation sites (tertiary alicyclic amines) is 1. The van der Waals surface area contributed by atoms with Crippen LogP contribution in [0.2, 0.25) is 0 Å². The smallest absolute Gasteiger partial charge is 0.362 e. The molecule has 1 aliphatic rings. The van der Waals surface area contributed by atoms with Crippen molar-refractivity contribution in [2.75, 3.05) is 13.6 Å². The number of likely N-dealkylation sites (N-methyl/N-ethyl adjacent to an activating group) is 1. The summed E-state index contributed by atoms with van der Waals surface area (Å²) in [5.41, 5.74) is 1.23. The van der Waals surface area contributed by atoms with Crippen LogP contribution < -0.4 is 0 Å². The molecule has 0 aromatic heterocycles. The van der Waals surface area contributed by atoms with Crippen molar-refractivity contribution >= 4 is 16.7 Å². The van der Waals surface area contributed by atoms with Crippen LogP contribution in [0.4, 0.5) is 0 Å². The number of carboxylic acid groups (broad SMARTS) is 1. The van der Waals surface area contributed by atoms with Crippen LogP contribution in [-0.2, 0) is 4.79 Å². The largest absolute Gasteiger partial charge is 0.477 e. The zero-order valence-corrected chi connectivity index (χ0v) is 12.6. The third-order valence-electron chi connectivity index (χ3n) is 5.26. The maximum atomic E-state index is 11.5. The minimum Gasteiger partial charge on any atom is -0.477 e. The number of quaternary nitrogens is 1. The Morgan fingerprint density at radius 1 is 1.24 bits per heavy atom. The Morgan fingerprint density at radius 2 is 1.95 bits per heavy atom. The monoisotopic (exact) mass is 284 g/mol. The van der Waals surface area contributed by atoms with Gasteiger partial charge in [0.25, 0.3) is 0 Å². The molecular formula is C18H22NO2+. The number of carbonyl (C=O) groups is 1. The highest BCUT2D eigenvalue weighted by atomic mass is 16.4. The second kappa shape index (κ2) is 5.15. The number of nitrogens with zero attached hydrogens (tertiary/aromatic N) is 1. The van der Waals surface area contributed by atoms with E-state index in [1.807, 2.05) is 12.1 Å². The average Bonchev–Trinajstić information content (AvgIpc) is 2.89. The Kier molecular flexibility index (Phi) is 3.46. The van der Waals surface area contributed by atoms with Crippen molar-refractivity contribution in [1.82, 2.24) is 0 Å². The molecule has 2 aromatic carbocycles. The molecule has 0 amide bonds. The maximum Gasteiger partial charge on any atom is 0.362 e. The van der Waals surface area contributed by atoms with Crippen molar-refractivity contribution in [1.29, 1.82) is 0 Å². The highest BCUT2D eigenvalue weighted by Crippen LogP contribution is 2.37. The summed E-state index contributed by atoms with van der Waals surface area (Å²) in [6.07, 6.45) is 1.77. The van der Waals surface area contributed by atoms with Gasteiger partial charge in [-0.05, 0) is 23.8 Å². The number of hydrogen-bond acceptors (Lipinski definition) is 1. The number of aliphatic carboxylic acids is 1. The molecule has 1 saturated heterocycles. The first-order valence-corrected chi connectivity index (χ1v) is 7.59. The summed E-state index contributed by atoms with van der Waals surface area (Å²) in [5, 5.41) is 12.0. The molecule has 2 aromatic rings. The zero-order valence-electron chi connectivity index (χ0n) is 12.6. The predicted octanol–water partition coefficient (Wildman–Crippen LogP) is 3.59. The second-order valence-electron chi connectivity index (χ2n) is 6.35. The molecule has 0 spiro atoms. The fraction of sp³-hybridized carbons (Fsp3) is 0.389. The second-order valence-corrected chi connectivity index (χ2v) is 6.35. The highest BCUT2D eigenvalue weighted by molar-refractivity contribution is 5.83. The van der Waals surface area contributed by atoms with Gasteiger partial charge in [-0.2, -0.15) is 0 Å². The predicted molar refractivity (Wildman–Crippen MR) is 84.1 cm³/mol. The molecule has 21 heavy (non-hydrogen) atoms. The molecule has 0 bridgehead atoms. The Hall–Kier alpha value is -1.87. The molecule has 1 aliphatic heterocycles. The summed E-state index contributed by atoms with van der Waals surface area (Å²) >= 11 is 0. The van der Waals surface area contributed by atoms with Crippen LogP contribution in [0, 0.1) is 0 Å². The highest BCUT2D eigenvalue weighted by Gasteiger charge is 2.46. The van der Waals surface area contributed by atoms with Gasteiger partial charge in [-0.15, -0.1) is 0 Å². The van der Waals surface area contributed by atoms with Crippen LogP contribution in [-0.4, -0.2) is 35.2 Å². The van der Waals surface area contributed by atoms with E-state index in [0.29, 0.717) is 4.48 Å². The Morgan fingerprint density at radius 3 is 2.67 bits per heavy atom. The van der Waals surface area contributed by atoms with Gasteiger partial charge in [0, 0.05) is 18.4 Å². The van der Waals surface area contributed by atoms with E-state index in [1.165, 1.54) is 16.3 Å². The molecule has 1 unspecified atom stereocenters. The summed E-state index contributed by atoms with van der Waals surface area (Å²) in [4.78, 5) is 11.5. The molecule has 110 valence electrons. The van der Waals surface area contributed by atoms with E-state index in [0.717, 1.165) is 19.4 Å². The standard InChI is InChI=1S/C18H21NO2/c1-13(19(2)11-5-8-17(19)18(20)21)15-10-9-14-6-3-4-7-16(14)12-15/h3-4,6-7,9-10,12-13,17H,5,8,11H2,1-2H3/p+1/t13-,17-,19?/m0/s1. The molecule has 0 radical (unpaired) electrons. The van der Waals surface area contributed by atoms with Crippen LogP contribution in [0.3, 0.4) is 0 Å². The molecule has 1 N–H and O–H groups in total. The van der Waals surface area contributed by atoms with Gasteiger partial charge in [-0.25, -0.2) is 4.79 Å². The molecule has 3 nitrogen and oxygen atoms in total. The Bertz CT molecular complexity index is 682.